The van der Waals surface area contributed by atoms with E-state index in [2.05, 4.69) is 24.0 Å². The summed E-state index contributed by atoms with van der Waals surface area (Å²) in [5.74, 6) is 0. The van der Waals surface area contributed by atoms with Gasteiger partial charge in [0.2, 0.25) is 0 Å². The Morgan fingerprint density at radius 3 is 2.89 bits per heavy atom. The maximum absolute atomic E-state index is 5.98. The van der Waals surface area contributed by atoms with Gasteiger partial charge >= 0.3 is 0 Å². The summed E-state index contributed by atoms with van der Waals surface area (Å²) >= 11 is 0. The van der Waals surface area contributed by atoms with Gasteiger partial charge in [-0.05, 0) is 56.8 Å². The van der Waals surface area contributed by atoms with Crippen LogP contribution in [0.3, 0.4) is 0 Å². The Labute approximate surface area is 111 Å². The van der Waals surface area contributed by atoms with Gasteiger partial charge in [-0.25, -0.2) is 0 Å². The van der Waals surface area contributed by atoms with Crippen LogP contribution >= 0.6 is 0 Å². The lowest BCUT2D eigenvalue weighted by atomic mass is 9.96. The van der Waals surface area contributed by atoms with E-state index in [1.165, 1.54) is 50.8 Å². The predicted octanol–water partition coefficient (Wildman–Crippen LogP) is 3.47. The first-order valence-electron chi connectivity index (χ1n) is 7.38. The molecule has 1 fully saturated rings. The molecule has 0 saturated carbocycles. The summed E-state index contributed by atoms with van der Waals surface area (Å²) in [6, 6.07) is 9.08. The largest absolute Gasteiger partial charge is 0.399 e. The summed E-state index contributed by atoms with van der Waals surface area (Å²) in [5.41, 5.74) is 8.25. The summed E-state index contributed by atoms with van der Waals surface area (Å²) in [4.78, 5) is 2.65. The minimum absolute atomic E-state index is 0.814. The number of nitrogen functional groups attached to an aromatic ring is 1. The van der Waals surface area contributed by atoms with E-state index in [-0.39, 0.29) is 0 Å². The zero-order chi connectivity index (χ0) is 12.8. The number of likely N-dealkylation sites (tertiary alicyclic amines) is 1. The van der Waals surface area contributed by atoms with Gasteiger partial charge in [-0.2, -0.15) is 0 Å². The van der Waals surface area contributed by atoms with E-state index >= 15 is 0 Å². The summed E-state index contributed by atoms with van der Waals surface area (Å²) in [5, 5.41) is 0. The van der Waals surface area contributed by atoms with Crippen LogP contribution in [0.4, 0.5) is 5.69 Å². The number of benzene rings is 1. The van der Waals surface area contributed by atoms with E-state index in [4.69, 9.17) is 5.73 Å². The fourth-order valence-corrected chi connectivity index (χ4v) is 3.09. The van der Waals surface area contributed by atoms with E-state index < -0.39 is 0 Å². The minimum atomic E-state index is 0.814. The van der Waals surface area contributed by atoms with E-state index in [1.807, 2.05) is 12.1 Å². The molecule has 0 aromatic heterocycles. The number of piperidine rings is 1. The van der Waals surface area contributed by atoms with Crippen molar-refractivity contribution in [3.8, 4) is 0 Å². The minimum Gasteiger partial charge on any atom is -0.399 e. The third-order valence-electron chi connectivity index (χ3n) is 4.19. The van der Waals surface area contributed by atoms with Crippen LogP contribution in [0.5, 0.6) is 0 Å². The van der Waals surface area contributed by atoms with Gasteiger partial charge < -0.3 is 10.6 Å². The molecule has 1 unspecified atom stereocenters. The molecule has 2 rings (SSSR count). The average Bonchev–Trinajstić information content (AvgIpc) is 2.41. The molecule has 18 heavy (non-hydrogen) atoms. The summed E-state index contributed by atoms with van der Waals surface area (Å²) in [6.45, 7) is 4.79. The highest BCUT2D eigenvalue weighted by molar-refractivity contribution is 5.46. The van der Waals surface area contributed by atoms with Crippen LogP contribution in [0.2, 0.25) is 0 Å². The fourth-order valence-electron chi connectivity index (χ4n) is 3.09. The summed E-state index contributed by atoms with van der Waals surface area (Å²) in [6.07, 6.45) is 7.89. The zero-order valence-corrected chi connectivity index (χ0v) is 11.6. The number of anilines is 1. The topological polar surface area (TPSA) is 29.3 Å². The van der Waals surface area contributed by atoms with Crippen LogP contribution in [-0.4, -0.2) is 24.0 Å². The van der Waals surface area contributed by atoms with Crippen molar-refractivity contribution in [3.05, 3.63) is 29.8 Å². The number of nitrogens with zero attached hydrogens (tertiary/aromatic N) is 1. The Bertz CT molecular complexity index is 362. The van der Waals surface area contributed by atoms with Crippen LogP contribution in [0.1, 0.15) is 44.6 Å². The molecule has 100 valence electrons. The molecule has 2 N–H and O–H groups in total. The molecule has 2 heteroatoms. The molecule has 0 spiro atoms. The van der Waals surface area contributed by atoms with Gasteiger partial charge in [0.05, 0.1) is 0 Å². The molecule has 0 amide bonds. The molecule has 1 aromatic carbocycles. The lowest BCUT2D eigenvalue weighted by molar-refractivity contribution is 0.146. The Hall–Kier alpha value is -1.02. The van der Waals surface area contributed by atoms with E-state index in [1.54, 1.807) is 0 Å². The molecular weight excluding hydrogens is 220 g/mol. The number of rotatable bonds is 5. The zero-order valence-electron chi connectivity index (χ0n) is 11.6. The number of hydrogen-bond donors (Lipinski definition) is 1. The normalized spacial score (nSPS) is 21.1. The summed E-state index contributed by atoms with van der Waals surface area (Å²) in [7, 11) is 0. The monoisotopic (exact) mass is 246 g/mol. The van der Waals surface area contributed by atoms with E-state index in [0.29, 0.717) is 0 Å². The van der Waals surface area contributed by atoms with Crippen molar-refractivity contribution < 1.29 is 0 Å². The van der Waals surface area contributed by atoms with Crippen LogP contribution in [0, 0.1) is 0 Å². The van der Waals surface area contributed by atoms with Crippen molar-refractivity contribution >= 4 is 5.69 Å². The highest BCUT2D eigenvalue weighted by Gasteiger charge is 2.20. The van der Waals surface area contributed by atoms with Crippen LogP contribution in [0.15, 0.2) is 24.3 Å². The SMILES string of the molecule is CCN1CCCCC1CCCc1ccccc1N. The molecule has 2 nitrogen and oxygen atoms in total. The third kappa shape index (κ3) is 3.49. The molecule has 1 heterocycles. The molecule has 1 aliphatic heterocycles. The highest BCUT2D eigenvalue weighted by atomic mass is 15.2. The van der Waals surface area contributed by atoms with Gasteiger partial charge in [0.25, 0.3) is 0 Å². The lowest BCUT2D eigenvalue weighted by Gasteiger charge is -2.35. The number of para-hydroxylation sites is 1. The molecule has 0 radical (unpaired) electrons. The molecule has 0 bridgehead atoms. The third-order valence-corrected chi connectivity index (χ3v) is 4.19. The Morgan fingerprint density at radius 2 is 2.11 bits per heavy atom. The molecule has 1 aliphatic rings. The summed E-state index contributed by atoms with van der Waals surface area (Å²) < 4.78 is 0. The first kappa shape index (κ1) is 13.4. The average molecular weight is 246 g/mol. The second-order valence-electron chi connectivity index (χ2n) is 5.37. The highest BCUT2D eigenvalue weighted by Crippen LogP contribution is 2.22. The van der Waals surface area contributed by atoms with Gasteiger partial charge in [-0.3, -0.25) is 0 Å². The van der Waals surface area contributed by atoms with Crippen LogP contribution in [-0.2, 0) is 6.42 Å². The molecule has 1 saturated heterocycles. The predicted molar refractivity (Wildman–Crippen MR) is 78.7 cm³/mol. The second kappa shape index (κ2) is 6.79. The van der Waals surface area contributed by atoms with Crippen molar-refractivity contribution in [2.75, 3.05) is 18.8 Å². The Morgan fingerprint density at radius 1 is 1.28 bits per heavy atom. The quantitative estimate of drug-likeness (QED) is 0.806. The van der Waals surface area contributed by atoms with E-state index in [0.717, 1.165) is 18.2 Å². The maximum atomic E-state index is 5.98. The fraction of sp³-hybridized carbons (Fsp3) is 0.625. The standard InChI is InChI=1S/C16H26N2/c1-2-18-13-6-5-10-15(18)11-7-9-14-8-3-4-12-16(14)17/h3-4,8,12,15H,2,5-7,9-11,13,17H2,1H3. The van der Waals surface area contributed by atoms with Crippen molar-refractivity contribution in [3.63, 3.8) is 0 Å². The van der Waals surface area contributed by atoms with Crippen LogP contribution in [0.25, 0.3) is 0 Å². The van der Waals surface area contributed by atoms with Crippen molar-refractivity contribution in [2.45, 2.75) is 51.5 Å². The van der Waals surface area contributed by atoms with Gasteiger partial charge in [-0.1, -0.05) is 31.5 Å². The van der Waals surface area contributed by atoms with Gasteiger partial charge in [0, 0.05) is 11.7 Å². The number of nitrogens with two attached hydrogens (primary N) is 1. The van der Waals surface area contributed by atoms with Crippen molar-refractivity contribution in [1.82, 2.24) is 4.90 Å². The first-order valence-corrected chi connectivity index (χ1v) is 7.38. The second-order valence-corrected chi connectivity index (χ2v) is 5.37. The smallest absolute Gasteiger partial charge is 0.0346 e. The lowest BCUT2D eigenvalue weighted by Crippen LogP contribution is -2.39. The molecule has 0 aliphatic carbocycles. The van der Waals surface area contributed by atoms with Crippen LogP contribution < -0.4 is 5.73 Å². The van der Waals surface area contributed by atoms with Gasteiger partial charge in [0.1, 0.15) is 0 Å². The van der Waals surface area contributed by atoms with Crippen molar-refractivity contribution in [2.24, 2.45) is 0 Å². The molecule has 1 atom stereocenters. The Balaban J connectivity index is 1.79. The molecule has 1 aromatic rings. The maximum Gasteiger partial charge on any atom is 0.0346 e. The van der Waals surface area contributed by atoms with Gasteiger partial charge in [0.15, 0.2) is 0 Å². The Kier molecular flexibility index (Phi) is 5.06. The first-order chi connectivity index (χ1) is 8.81. The number of aryl methyl sites for hydroxylation is 1. The number of hydrogen-bond acceptors (Lipinski definition) is 2. The van der Waals surface area contributed by atoms with E-state index in [9.17, 15) is 0 Å². The van der Waals surface area contributed by atoms with Crippen molar-refractivity contribution in [1.29, 1.82) is 0 Å². The molecular formula is C16H26N2. The van der Waals surface area contributed by atoms with Gasteiger partial charge in [-0.15, -0.1) is 0 Å².